The van der Waals surface area contributed by atoms with Crippen LogP contribution in [0.25, 0.3) is 0 Å². The first-order valence-corrected chi connectivity index (χ1v) is 4.87. The summed E-state index contributed by atoms with van der Waals surface area (Å²) < 4.78 is 0. The Morgan fingerprint density at radius 3 is 2.31 bits per heavy atom. The lowest BCUT2D eigenvalue weighted by molar-refractivity contribution is -0.139. The standard InChI is InChI=1S/C9H17N3O4/c1-4-6(8(14)15)11-9(16)12(3)5-7(13)10-2/h6H,4-5H2,1-3H3,(H,10,13)(H,11,16)(H,14,15)/t6-/m0/s1. The minimum Gasteiger partial charge on any atom is -0.480 e. The summed E-state index contributed by atoms with van der Waals surface area (Å²) >= 11 is 0. The van der Waals surface area contributed by atoms with E-state index in [1.807, 2.05) is 0 Å². The van der Waals surface area contributed by atoms with Gasteiger partial charge in [0.05, 0.1) is 0 Å². The van der Waals surface area contributed by atoms with Gasteiger partial charge in [-0.05, 0) is 6.42 Å². The third-order valence-corrected chi connectivity index (χ3v) is 2.01. The van der Waals surface area contributed by atoms with Crippen molar-refractivity contribution in [2.24, 2.45) is 0 Å². The molecular formula is C9H17N3O4. The van der Waals surface area contributed by atoms with Gasteiger partial charge in [0.1, 0.15) is 12.6 Å². The fraction of sp³-hybridized carbons (Fsp3) is 0.667. The Morgan fingerprint density at radius 2 is 1.94 bits per heavy atom. The zero-order valence-corrected chi connectivity index (χ0v) is 9.61. The number of hydrogen-bond acceptors (Lipinski definition) is 3. The van der Waals surface area contributed by atoms with E-state index in [4.69, 9.17) is 5.11 Å². The molecule has 0 aromatic rings. The molecule has 16 heavy (non-hydrogen) atoms. The lowest BCUT2D eigenvalue weighted by Crippen LogP contribution is -2.48. The third-order valence-electron chi connectivity index (χ3n) is 2.01. The van der Waals surface area contributed by atoms with E-state index in [2.05, 4.69) is 10.6 Å². The van der Waals surface area contributed by atoms with E-state index in [0.717, 1.165) is 4.90 Å². The van der Waals surface area contributed by atoms with Crippen molar-refractivity contribution in [2.75, 3.05) is 20.6 Å². The summed E-state index contributed by atoms with van der Waals surface area (Å²) in [6.07, 6.45) is 0.287. The molecule has 1 atom stereocenters. The van der Waals surface area contributed by atoms with Crippen LogP contribution in [0.1, 0.15) is 13.3 Å². The first-order chi connectivity index (χ1) is 7.42. The molecule has 92 valence electrons. The van der Waals surface area contributed by atoms with Crippen molar-refractivity contribution in [1.29, 1.82) is 0 Å². The molecule has 0 aromatic carbocycles. The number of carboxylic acids is 1. The van der Waals surface area contributed by atoms with Crippen LogP contribution in [-0.4, -0.2) is 54.6 Å². The molecule has 0 spiro atoms. The van der Waals surface area contributed by atoms with Gasteiger partial charge in [-0.1, -0.05) is 6.92 Å². The molecule has 0 bridgehead atoms. The van der Waals surface area contributed by atoms with Gasteiger partial charge >= 0.3 is 12.0 Å². The Labute approximate surface area is 93.8 Å². The van der Waals surface area contributed by atoms with Crippen LogP contribution < -0.4 is 10.6 Å². The van der Waals surface area contributed by atoms with Crippen LogP contribution in [0, 0.1) is 0 Å². The van der Waals surface area contributed by atoms with Gasteiger partial charge in [0.2, 0.25) is 5.91 Å². The monoisotopic (exact) mass is 231 g/mol. The van der Waals surface area contributed by atoms with Crippen LogP contribution in [-0.2, 0) is 9.59 Å². The summed E-state index contributed by atoms with van der Waals surface area (Å²) in [5, 5.41) is 13.4. The zero-order valence-electron chi connectivity index (χ0n) is 9.61. The molecule has 0 aromatic heterocycles. The average molecular weight is 231 g/mol. The summed E-state index contributed by atoms with van der Waals surface area (Å²) in [5.41, 5.74) is 0. The Morgan fingerprint density at radius 1 is 1.38 bits per heavy atom. The highest BCUT2D eigenvalue weighted by Crippen LogP contribution is 1.93. The lowest BCUT2D eigenvalue weighted by Gasteiger charge is -2.19. The van der Waals surface area contributed by atoms with Crippen LogP contribution in [0.5, 0.6) is 0 Å². The molecule has 0 saturated carbocycles. The van der Waals surface area contributed by atoms with E-state index in [-0.39, 0.29) is 18.9 Å². The van der Waals surface area contributed by atoms with Crippen molar-refractivity contribution < 1.29 is 19.5 Å². The minimum absolute atomic E-state index is 0.113. The molecule has 0 rings (SSSR count). The van der Waals surface area contributed by atoms with Crippen LogP contribution >= 0.6 is 0 Å². The van der Waals surface area contributed by atoms with Gasteiger partial charge in [-0.15, -0.1) is 0 Å². The molecule has 0 radical (unpaired) electrons. The second-order valence-corrected chi connectivity index (χ2v) is 3.28. The first kappa shape index (κ1) is 14.2. The Bertz CT molecular complexity index is 280. The van der Waals surface area contributed by atoms with E-state index >= 15 is 0 Å². The lowest BCUT2D eigenvalue weighted by atomic mass is 10.2. The normalized spacial score (nSPS) is 11.4. The quantitative estimate of drug-likeness (QED) is 0.579. The smallest absolute Gasteiger partial charge is 0.326 e. The van der Waals surface area contributed by atoms with Crippen molar-refractivity contribution in [3.63, 3.8) is 0 Å². The number of rotatable bonds is 5. The number of likely N-dealkylation sites (N-methyl/N-ethyl adjacent to an activating group) is 2. The molecule has 0 aliphatic carbocycles. The second kappa shape index (κ2) is 6.65. The van der Waals surface area contributed by atoms with Crippen LogP contribution in [0.2, 0.25) is 0 Å². The predicted octanol–water partition coefficient (Wildman–Crippen LogP) is -0.763. The first-order valence-electron chi connectivity index (χ1n) is 4.87. The largest absolute Gasteiger partial charge is 0.480 e. The van der Waals surface area contributed by atoms with E-state index in [0.29, 0.717) is 0 Å². The SMILES string of the molecule is CC[C@H](NC(=O)N(C)CC(=O)NC)C(=O)O. The fourth-order valence-electron chi connectivity index (χ4n) is 0.964. The van der Waals surface area contributed by atoms with Crippen molar-refractivity contribution in [1.82, 2.24) is 15.5 Å². The molecule has 3 amide bonds. The highest BCUT2D eigenvalue weighted by Gasteiger charge is 2.20. The summed E-state index contributed by atoms with van der Waals surface area (Å²) in [6.45, 7) is 1.54. The van der Waals surface area contributed by atoms with E-state index in [9.17, 15) is 14.4 Å². The molecule has 7 heteroatoms. The van der Waals surface area contributed by atoms with Crippen molar-refractivity contribution in [2.45, 2.75) is 19.4 Å². The Hall–Kier alpha value is -1.79. The van der Waals surface area contributed by atoms with Gasteiger partial charge in [-0.2, -0.15) is 0 Å². The van der Waals surface area contributed by atoms with Crippen LogP contribution in [0.3, 0.4) is 0 Å². The third kappa shape index (κ3) is 4.63. The van der Waals surface area contributed by atoms with E-state index < -0.39 is 18.0 Å². The molecule has 0 fully saturated rings. The van der Waals surface area contributed by atoms with Gasteiger partial charge in [-0.25, -0.2) is 9.59 Å². The van der Waals surface area contributed by atoms with Crippen molar-refractivity contribution in [3.8, 4) is 0 Å². The maximum atomic E-state index is 11.4. The van der Waals surface area contributed by atoms with Gasteiger partial charge in [0.25, 0.3) is 0 Å². The van der Waals surface area contributed by atoms with E-state index in [1.165, 1.54) is 14.1 Å². The predicted molar refractivity (Wildman–Crippen MR) is 56.9 cm³/mol. The molecule has 0 aliphatic rings. The number of urea groups is 1. The summed E-state index contributed by atoms with van der Waals surface area (Å²) in [4.78, 5) is 34.2. The maximum absolute atomic E-state index is 11.4. The number of nitrogens with one attached hydrogen (secondary N) is 2. The number of hydrogen-bond donors (Lipinski definition) is 3. The molecule has 3 N–H and O–H groups in total. The van der Waals surface area contributed by atoms with Crippen molar-refractivity contribution >= 4 is 17.9 Å². The minimum atomic E-state index is -1.09. The highest BCUT2D eigenvalue weighted by molar-refractivity contribution is 5.86. The molecule has 0 aliphatic heterocycles. The maximum Gasteiger partial charge on any atom is 0.326 e. The summed E-state index contributed by atoms with van der Waals surface area (Å²) in [6, 6.07) is -1.52. The van der Waals surface area contributed by atoms with E-state index in [1.54, 1.807) is 6.92 Å². The van der Waals surface area contributed by atoms with Crippen LogP contribution in [0.15, 0.2) is 0 Å². The number of aliphatic carboxylic acids is 1. The topological polar surface area (TPSA) is 98.7 Å². The number of nitrogens with zero attached hydrogens (tertiary/aromatic N) is 1. The fourth-order valence-corrected chi connectivity index (χ4v) is 0.964. The second-order valence-electron chi connectivity index (χ2n) is 3.28. The van der Waals surface area contributed by atoms with Gasteiger partial charge in [0, 0.05) is 14.1 Å². The summed E-state index contributed by atoms with van der Waals surface area (Å²) in [5.74, 6) is -1.41. The number of carbonyl (C=O) groups excluding carboxylic acids is 2. The summed E-state index contributed by atoms with van der Waals surface area (Å²) in [7, 11) is 2.87. The molecule has 7 nitrogen and oxygen atoms in total. The number of carbonyl (C=O) groups is 3. The Balaban J connectivity index is 4.23. The zero-order chi connectivity index (χ0) is 12.7. The van der Waals surface area contributed by atoms with Crippen molar-refractivity contribution in [3.05, 3.63) is 0 Å². The Kier molecular flexibility index (Phi) is 5.91. The van der Waals surface area contributed by atoms with Crippen LogP contribution in [0.4, 0.5) is 4.79 Å². The van der Waals surface area contributed by atoms with Gasteiger partial charge < -0.3 is 20.6 Å². The van der Waals surface area contributed by atoms with Gasteiger partial charge in [0.15, 0.2) is 0 Å². The van der Waals surface area contributed by atoms with Gasteiger partial charge in [-0.3, -0.25) is 4.79 Å². The number of amides is 3. The average Bonchev–Trinajstić information content (AvgIpc) is 2.24. The molecule has 0 unspecified atom stereocenters. The number of carboxylic acid groups (broad SMARTS) is 1. The molecular weight excluding hydrogens is 214 g/mol. The highest BCUT2D eigenvalue weighted by atomic mass is 16.4. The molecule has 0 heterocycles. The molecule has 0 saturated heterocycles.